The molecule has 0 fully saturated rings. The first-order valence-electron chi connectivity index (χ1n) is 6.59. The predicted molar refractivity (Wildman–Crippen MR) is 76.3 cm³/mol. The van der Waals surface area contributed by atoms with E-state index in [1.165, 1.54) is 0 Å². The molecule has 0 saturated heterocycles. The number of aliphatic hydroxyl groups is 1. The van der Waals surface area contributed by atoms with Gasteiger partial charge >= 0.3 is 5.69 Å². The van der Waals surface area contributed by atoms with Gasteiger partial charge in [-0.2, -0.15) is 0 Å². The molecule has 1 aromatic carbocycles. The number of fused-ring (bicyclic) bond motifs is 1. The lowest BCUT2D eigenvalue weighted by atomic mass is 10.0. The summed E-state index contributed by atoms with van der Waals surface area (Å²) in [7, 11) is 0. The Hall–Kier alpha value is -1.59. The number of imidazole rings is 1. The van der Waals surface area contributed by atoms with E-state index in [0.717, 1.165) is 16.6 Å². The van der Waals surface area contributed by atoms with E-state index >= 15 is 0 Å². The van der Waals surface area contributed by atoms with Crippen LogP contribution < -0.4 is 11.0 Å². The molecule has 0 spiro atoms. The average molecular weight is 263 g/mol. The molecule has 1 aromatic heterocycles. The van der Waals surface area contributed by atoms with Gasteiger partial charge in [-0.15, -0.1) is 0 Å². The molecule has 2 unspecified atom stereocenters. The van der Waals surface area contributed by atoms with E-state index in [0.29, 0.717) is 13.0 Å². The molecule has 104 valence electrons. The smallest absolute Gasteiger partial charge is 0.323 e. The third-order valence-electron chi connectivity index (χ3n) is 3.59. The quantitative estimate of drug-likeness (QED) is 0.662. The van der Waals surface area contributed by atoms with E-state index in [1.807, 2.05) is 39.0 Å². The highest BCUT2D eigenvalue weighted by atomic mass is 16.3. The number of H-pyrrole nitrogens is 2. The fourth-order valence-corrected chi connectivity index (χ4v) is 1.94. The lowest BCUT2D eigenvalue weighted by Crippen LogP contribution is -2.38. The normalized spacial score (nSPS) is 16.4. The minimum Gasteiger partial charge on any atom is -0.389 e. The van der Waals surface area contributed by atoms with Gasteiger partial charge in [0, 0.05) is 12.6 Å². The van der Waals surface area contributed by atoms with Crippen LogP contribution >= 0.6 is 0 Å². The molecule has 0 aliphatic heterocycles. The minimum atomic E-state index is -0.694. The van der Waals surface area contributed by atoms with Crippen molar-refractivity contribution in [1.82, 2.24) is 15.3 Å². The predicted octanol–water partition coefficient (Wildman–Crippen LogP) is 1.67. The van der Waals surface area contributed by atoms with E-state index in [9.17, 15) is 9.90 Å². The minimum absolute atomic E-state index is 0.112. The summed E-state index contributed by atoms with van der Waals surface area (Å²) in [4.78, 5) is 16.7. The van der Waals surface area contributed by atoms with Crippen LogP contribution in [0.25, 0.3) is 11.0 Å². The summed E-state index contributed by atoms with van der Waals surface area (Å²) in [5.41, 5.74) is 1.80. The Morgan fingerprint density at radius 1 is 1.37 bits per heavy atom. The van der Waals surface area contributed by atoms with E-state index in [-0.39, 0.29) is 11.7 Å². The van der Waals surface area contributed by atoms with Gasteiger partial charge in [-0.1, -0.05) is 13.0 Å². The van der Waals surface area contributed by atoms with Gasteiger partial charge in [-0.25, -0.2) is 4.79 Å². The Kier molecular flexibility index (Phi) is 3.78. The Bertz CT molecular complexity index is 612. The van der Waals surface area contributed by atoms with Crippen LogP contribution in [0.3, 0.4) is 0 Å². The van der Waals surface area contributed by atoms with Gasteiger partial charge < -0.3 is 20.4 Å². The summed E-state index contributed by atoms with van der Waals surface area (Å²) in [5.74, 6) is 0. The highest BCUT2D eigenvalue weighted by Crippen LogP contribution is 2.18. The molecule has 1 heterocycles. The molecule has 19 heavy (non-hydrogen) atoms. The molecule has 0 saturated carbocycles. The second kappa shape index (κ2) is 5.19. The van der Waals surface area contributed by atoms with Crippen molar-refractivity contribution in [3.63, 3.8) is 0 Å². The highest BCUT2D eigenvalue weighted by molar-refractivity contribution is 5.75. The Balaban J connectivity index is 2.12. The molecular weight excluding hydrogens is 242 g/mol. The summed E-state index contributed by atoms with van der Waals surface area (Å²) in [6, 6.07) is 5.93. The van der Waals surface area contributed by atoms with Crippen molar-refractivity contribution >= 4 is 11.0 Å². The first-order valence-corrected chi connectivity index (χ1v) is 6.59. The fourth-order valence-electron chi connectivity index (χ4n) is 1.94. The number of aromatic amines is 2. The number of aromatic nitrogens is 2. The molecular formula is C14H21N3O2. The van der Waals surface area contributed by atoms with Gasteiger partial charge in [0.1, 0.15) is 0 Å². The molecule has 0 aliphatic carbocycles. The van der Waals surface area contributed by atoms with Crippen LogP contribution in [-0.2, 0) is 0 Å². The van der Waals surface area contributed by atoms with E-state index in [4.69, 9.17) is 0 Å². The number of rotatable bonds is 5. The molecule has 2 atom stereocenters. The zero-order valence-corrected chi connectivity index (χ0v) is 11.6. The van der Waals surface area contributed by atoms with Gasteiger partial charge in [0.15, 0.2) is 0 Å². The lowest BCUT2D eigenvalue weighted by Gasteiger charge is -2.24. The summed E-state index contributed by atoms with van der Waals surface area (Å²) in [6.45, 7) is 6.35. The first kappa shape index (κ1) is 13.8. The summed E-state index contributed by atoms with van der Waals surface area (Å²) in [5, 5.41) is 13.3. The fraction of sp³-hybridized carbons (Fsp3) is 0.500. The van der Waals surface area contributed by atoms with Gasteiger partial charge in [0.2, 0.25) is 0 Å². The molecule has 0 aliphatic rings. The van der Waals surface area contributed by atoms with Crippen molar-refractivity contribution in [2.75, 3.05) is 6.54 Å². The molecule has 0 bridgehead atoms. The maximum atomic E-state index is 11.2. The Labute approximate surface area is 112 Å². The van der Waals surface area contributed by atoms with Crippen LogP contribution in [0.4, 0.5) is 0 Å². The lowest BCUT2D eigenvalue weighted by molar-refractivity contribution is 0.0534. The number of hydrogen-bond acceptors (Lipinski definition) is 3. The SMILES string of the molecule is CCC(C)(O)CNC(C)c1ccc2[nH]c(=O)[nH]c2c1. The molecule has 2 aromatic rings. The molecule has 5 heteroatoms. The van der Waals surface area contributed by atoms with Gasteiger partial charge in [-0.05, 0) is 38.0 Å². The number of hydrogen-bond donors (Lipinski definition) is 4. The van der Waals surface area contributed by atoms with Crippen LogP contribution in [0.1, 0.15) is 38.8 Å². The third kappa shape index (κ3) is 3.24. The van der Waals surface area contributed by atoms with Crippen LogP contribution in [-0.4, -0.2) is 27.2 Å². The molecule has 5 nitrogen and oxygen atoms in total. The van der Waals surface area contributed by atoms with Crippen molar-refractivity contribution in [1.29, 1.82) is 0 Å². The van der Waals surface area contributed by atoms with E-state index < -0.39 is 5.60 Å². The van der Waals surface area contributed by atoms with Gasteiger partial charge in [0.05, 0.1) is 16.6 Å². The zero-order chi connectivity index (χ0) is 14.0. The third-order valence-corrected chi connectivity index (χ3v) is 3.59. The largest absolute Gasteiger partial charge is 0.389 e. The molecule has 2 rings (SSSR count). The van der Waals surface area contributed by atoms with Crippen molar-refractivity contribution in [3.8, 4) is 0 Å². The maximum Gasteiger partial charge on any atom is 0.323 e. The van der Waals surface area contributed by atoms with E-state index in [1.54, 1.807) is 0 Å². The van der Waals surface area contributed by atoms with Crippen molar-refractivity contribution in [2.24, 2.45) is 0 Å². The van der Waals surface area contributed by atoms with Gasteiger partial charge in [0.25, 0.3) is 0 Å². The second-order valence-electron chi connectivity index (χ2n) is 5.34. The maximum absolute atomic E-state index is 11.2. The number of nitrogens with one attached hydrogen (secondary N) is 3. The standard InChI is InChI=1S/C14H21N3O2/c1-4-14(3,19)8-15-9(2)10-5-6-11-12(7-10)17-13(18)16-11/h5-7,9,15,19H,4,8H2,1-3H3,(H2,16,17,18). The Morgan fingerprint density at radius 2 is 2.05 bits per heavy atom. The summed E-state index contributed by atoms with van der Waals surface area (Å²) >= 11 is 0. The molecule has 0 amide bonds. The van der Waals surface area contributed by atoms with Crippen LogP contribution in [0.5, 0.6) is 0 Å². The monoisotopic (exact) mass is 263 g/mol. The topological polar surface area (TPSA) is 80.9 Å². The second-order valence-corrected chi connectivity index (χ2v) is 5.34. The molecule has 0 radical (unpaired) electrons. The van der Waals surface area contributed by atoms with Crippen molar-refractivity contribution in [3.05, 3.63) is 34.2 Å². The average Bonchev–Trinajstić information content (AvgIpc) is 2.75. The van der Waals surface area contributed by atoms with Crippen molar-refractivity contribution < 1.29 is 5.11 Å². The van der Waals surface area contributed by atoms with Gasteiger partial charge in [-0.3, -0.25) is 0 Å². The van der Waals surface area contributed by atoms with Crippen LogP contribution in [0, 0.1) is 0 Å². The van der Waals surface area contributed by atoms with Crippen LogP contribution in [0.15, 0.2) is 23.0 Å². The number of benzene rings is 1. The zero-order valence-electron chi connectivity index (χ0n) is 11.6. The van der Waals surface area contributed by atoms with Crippen LogP contribution in [0.2, 0.25) is 0 Å². The summed E-state index contributed by atoms with van der Waals surface area (Å²) in [6.07, 6.45) is 0.705. The first-order chi connectivity index (χ1) is 8.91. The van der Waals surface area contributed by atoms with E-state index in [2.05, 4.69) is 15.3 Å². The molecule has 4 N–H and O–H groups in total. The van der Waals surface area contributed by atoms with Crippen molar-refractivity contribution in [2.45, 2.75) is 38.8 Å². The summed E-state index contributed by atoms with van der Waals surface area (Å²) < 4.78 is 0. The Morgan fingerprint density at radius 3 is 2.74 bits per heavy atom. The highest BCUT2D eigenvalue weighted by Gasteiger charge is 2.18.